The van der Waals surface area contributed by atoms with E-state index in [0.29, 0.717) is 19.6 Å². The molecule has 1 unspecified atom stereocenters. The van der Waals surface area contributed by atoms with Crippen molar-refractivity contribution in [3.8, 4) is 0 Å². The van der Waals surface area contributed by atoms with E-state index in [-0.39, 0.29) is 12.0 Å². The van der Waals surface area contributed by atoms with E-state index in [1.54, 1.807) is 0 Å². The Morgan fingerprint density at radius 3 is 2.78 bits per heavy atom. The molecule has 3 rings (SSSR count). The number of rotatable bonds is 5. The Balaban J connectivity index is 1.49. The predicted octanol–water partition coefficient (Wildman–Crippen LogP) is 2.63. The predicted molar refractivity (Wildman–Crippen MR) is 91.0 cm³/mol. The van der Waals surface area contributed by atoms with Gasteiger partial charge in [-0.3, -0.25) is 4.79 Å². The molecule has 1 atom stereocenters. The van der Waals surface area contributed by atoms with E-state index in [9.17, 15) is 4.79 Å². The van der Waals surface area contributed by atoms with Crippen LogP contribution in [-0.4, -0.2) is 19.1 Å². The Morgan fingerprint density at radius 2 is 1.96 bits per heavy atom. The molecule has 0 radical (unpaired) electrons. The van der Waals surface area contributed by atoms with Gasteiger partial charge in [-0.15, -0.1) is 0 Å². The molecule has 23 heavy (non-hydrogen) atoms. The van der Waals surface area contributed by atoms with Gasteiger partial charge in [0.15, 0.2) is 0 Å². The zero-order chi connectivity index (χ0) is 16.1. The summed E-state index contributed by atoms with van der Waals surface area (Å²) in [6.45, 7) is 1.30. The minimum atomic E-state index is -0.128. The Bertz CT molecular complexity index is 667. The number of amides is 1. The molecule has 0 aromatic heterocycles. The van der Waals surface area contributed by atoms with E-state index in [4.69, 9.17) is 10.5 Å². The number of carbonyl (C=O) groups is 1. The Hall–Kier alpha value is -2.33. The first-order valence-electron chi connectivity index (χ1n) is 8.03. The van der Waals surface area contributed by atoms with Crippen molar-refractivity contribution in [2.75, 3.05) is 18.9 Å². The minimum Gasteiger partial charge on any atom is -0.399 e. The Labute approximate surface area is 136 Å². The van der Waals surface area contributed by atoms with Crippen molar-refractivity contribution in [3.05, 3.63) is 65.2 Å². The van der Waals surface area contributed by atoms with Crippen LogP contribution in [-0.2, 0) is 22.4 Å². The van der Waals surface area contributed by atoms with Gasteiger partial charge in [0.1, 0.15) is 0 Å². The molecule has 120 valence electrons. The lowest BCUT2D eigenvalue weighted by atomic mass is 9.95. The van der Waals surface area contributed by atoms with Gasteiger partial charge in [0.25, 0.3) is 0 Å². The molecule has 2 aromatic rings. The number of fused-ring (bicyclic) bond motifs is 1. The first kappa shape index (κ1) is 15.6. The molecule has 0 spiro atoms. The van der Waals surface area contributed by atoms with E-state index in [0.717, 1.165) is 24.1 Å². The van der Waals surface area contributed by atoms with Crippen LogP contribution in [0.1, 0.15) is 29.2 Å². The van der Waals surface area contributed by atoms with Crippen LogP contribution < -0.4 is 11.1 Å². The first-order valence-corrected chi connectivity index (χ1v) is 8.03. The number of benzene rings is 2. The summed E-state index contributed by atoms with van der Waals surface area (Å²) in [6.07, 6.45) is 1.97. The van der Waals surface area contributed by atoms with Crippen LogP contribution in [0.5, 0.6) is 0 Å². The molecule has 0 saturated carbocycles. The van der Waals surface area contributed by atoms with E-state index >= 15 is 0 Å². The van der Waals surface area contributed by atoms with Gasteiger partial charge in [-0.1, -0.05) is 36.4 Å². The number of anilines is 1. The Kier molecular flexibility index (Phi) is 4.93. The zero-order valence-electron chi connectivity index (χ0n) is 13.1. The second kappa shape index (κ2) is 7.29. The maximum atomic E-state index is 12.2. The minimum absolute atomic E-state index is 0.0298. The quantitative estimate of drug-likeness (QED) is 0.835. The lowest BCUT2D eigenvalue weighted by Crippen LogP contribution is -2.29. The fourth-order valence-electron chi connectivity index (χ4n) is 2.92. The highest BCUT2D eigenvalue weighted by atomic mass is 16.5. The molecule has 1 heterocycles. The smallest absolute Gasteiger partial charge is 0.222 e. The summed E-state index contributed by atoms with van der Waals surface area (Å²) < 4.78 is 5.78. The van der Waals surface area contributed by atoms with Crippen LogP contribution in [0.3, 0.4) is 0 Å². The second-order valence-corrected chi connectivity index (χ2v) is 5.85. The van der Waals surface area contributed by atoms with Crippen LogP contribution in [0.15, 0.2) is 48.5 Å². The van der Waals surface area contributed by atoms with Crippen molar-refractivity contribution in [1.82, 2.24) is 5.32 Å². The average Bonchev–Trinajstić information content (AvgIpc) is 2.57. The third-order valence-electron chi connectivity index (χ3n) is 4.18. The van der Waals surface area contributed by atoms with Gasteiger partial charge in [-0.05, 0) is 41.7 Å². The van der Waals surface area contributed by atoms with Crippen molar-refractivity contribution in [1.29, 1.82) is 0 Å². The second-order valence-electron chi connectivity index (χ2n) is 5.85. The molecule has 2 aromatic carbocycles. The van der Waals surface area contributed by atoms with E-state index in [1.807, 2.05) is 36.4 Å². The fourth-order valence-corrected chi connectivity index (χ4v) is 2.92. The number of ether oxygens (including phenoxy) is 1. The summed E-state index contributed by atoms with van der Waals surface area (Å²) in [5.41, 5.74) is 10.0. The molecule has 1 amide bonds. The van der Waals surface area contributed by atoms with Crippen molar-refractivity contribution >= 4 is 11.6 Å². The lowest BCUT2D eigenvalue weighted by molar-refractivity contribution is -0.124. The van der Waals surface area contributed by atoms with Crippen molar-refractivity contribution in [2.45, 2.75) is 25.4 Å². The van der Waals surface area contributed by atoms with Crippen LogP contribution in [0.4, 0.5) is 5.69 Å². The molecule has 0 aliphatic carbocycles. The standard InChI is InChI=1S/C19H22N2O2/c20-16-7-5-14(6-8-16)9-11-21-19(22)13-18-17-4-2-1-3-15(17)10-12-23-18/h1-8,18H,9-13,20H2,(H,21,22). The van der Waals surface area contributed by atoms with Crippen LogP contribution in [0.2, 0.25) is 0 Å². The van der Waals surface area contributed by atoms with Gasteiger partial charge in [0.05, 0.1) is 19.1 Å². The largest absolute Gasteiger partial charge is 0.399 e. The summed E-state index contributed by atoms with van der Waals surface area (Å²) >= 11 is 0. The highest BCUT2D eigenvalue weighted by Crippen LogP contribution is 2.29. The summed E-state index contributed by atoms with van der Waals surface area (Å²) in [7, 11) is 0. The number of nitrogen functional groups attached to an aromatic ring is 1. The molecule has 1 aliphatic heterocycles. The SMILES string of the molecule is Nc1ccc(CCNC(=O)CC2OCCc3ccccc32)cc1. The summed E-state index contributed by atoms with van der Waals surface area (Å²) in [5, 5.41) is 2.97. The summed E-state index contributed by atoms with van der Waals surface area (Å²) in [5.74, 6) is 0.0298. The number of hydrogen-bond donors (Lipinski definition) is 2. The molecular weight excluding hydrogens is 288 g/mol. The summed E-state index contributed by atoms with van der Waals surface area (Å²) in [4.78, 5) is 12.2. The van der Waals surface area contributed by atoms with Gasteiger partial charge in [0.2, 0.25) is 5.91 Å². The normalized spacial score (nSPS) is 16.6. The van der Waals surface area contributed by atoms with Gasteiger partial charge < -0.3 is 15.8 Å². The molecular formula is C19H22N2O2. The number of nitrogens with one attached hydrogen (secondary N) is 1. The van der Waals surface area contributed by atoms with E-state index in [2.05, 4.69) is 17.4 Å². The van der Waals surface area contributed by atoms with Crippen LogP contribution in [0, 0.1) is 0 Å². The fraction of sp³-hybridized carbons (Fsp3) is 0.316. The van der Waals surface area contributed by atoms with Gasteiger partial charge in [0, 0.05) is 12.2 Å². The molecule has 0 fully saturated rings. The third-order valence-corrected chi connectivity index (χ3v) is 4.18. The van der Waals surface area contributed by atoms with Crippen molar-refractivity contribution < 1.29 is 9.53 Å². The lowest BCUT2D eigenvalue weighted by Gasteiger charge is -2.25. The van der Waals surface area contributed by atoms with Crippen molar-refractivity contribution in [2.24, 2.45) is 0 Å². The van der Waals surface area contributed by atoms with Gasteiger partial charge in [-0.2, -0.15) is 0 Å². The highest BCUT2D eigenvalue weighted by molar-refractivity contribution is 5.76. The molecule has 0 saturated heterocycles. The molecule has 3 N–H and O–H groups in total. The maximum absolute atomic E-state index is 12.2. The zero-order valence-corrected chi connectivity index (χ0v) is 13.1. The number of nitrogens with two attached hydrogens (primary N) is 1. The number of carbonyl (C=O) groups excluding carboxylic acids is 1. The van der Waals surface area contributed by atoms with Crippen molar-refractivity contribution in [3.63, 3.8) is 0 Å². The Morgan fingerprint density at radius 1 is 1.17 bits per heavy atom. The van der Waals surface area contributed by atoms with E-state index in [1.165, 1.54) is 11.1 Å². The summed E-state index contributed by atoms with van der Waals surface area (Å²) in [6, 6.07) is 15.9. The number of hydrogen-bond acceptors (Lipinski definition) is 3. The van der Waals surface area contributed by atoms with Crippen LogP contribution in [0.25, 0.3) is 0 Å². The average molecular weight is 310 g/mol. The van der Waals surface area contributed by atoms with Crippen LogP contribution >= 0.6 is 0 Å². The highest BCUT2D eigenvalue weighted by Gasteiger charge is 2.22. The molecule has 1 aliphatic rings. The monoisotopic (exact) mass is 310 g/mol. The van der Waals surface area contributed by atoms with Gasteiger partial charge >= 0.3 is 0 Å². The third kappa shape index (κ3) is 4.11. The topological polar surface area (TPSA) is 64.3 Å². The molecule has 4 heteroatoms. The first-order chi connectivity index (χ1) is 11.2. The van der Waals surface area contributed by atoms with E-state index < -0.39 is 0 Å². The molecule has 4 nitrogen and oxygen atoms in total. The van der Waals surface area contributed by atoms with Gasteiger partial charge in [-0.25, -0.2) is 0 Å². The molecule has 0 bridgehead atoms. The maximum Gasteiger partial charge on any atom is 0.222 e.